The second-order valence-corrected chi connectivity index (χ2v) is 5.35. The minimum Gasteiger partial charge on any atom is -0.389 e. The van der Waals surface area contributed by atoms with E-state index in [0.717, 1.165) is 5.56 Å². The third-order valence-corrected chi connectivity index (χ3v) is 2.83. The lowest BCUT2D eigenvalue weighted by atomic mass is 9.96. The SMILES string of the molecule is CC(C)NCC(C)(O)Cc1ccc(F)cc1Cl. The summed E-state index contributed by atoms with van der Waals surface area (Å²) in [7, 11) is 0. The van der Waals surface area contributed by atoms with Gasteiger partial charge in [-0.05, 0) is 24.6 Å². The van der Waals surface area contributed by atoms with E-state index in [4.69, 9.17) is 11.6 Å². The fourth-order valence-electron chi connectivity index (χ4n) is 1.56. The maximum absolute atomic E-state index is 12.9. The number of aliphatic hydroxyl groups is 1. The molecular weight excluding hydrogens is 241 g/mol. The quantitative estimate of drug-likeness (QED) is 0.852. The molecule has 4 heteroatoms. The van der Waals surface area contributed by atoms with Gasteiger partial charge in [0.15, 0.2) is 0 Å². The van der Waals surface area contributed by atoms with Crippen molar-refractivity contribution in [2.45, 2.75) is 38.8 Å². The van der Waals surface area contributed by atoms with Crippen LogP contribution in [-0.4, -0.2) is 23.3 Å². The highest BCUT2D eigenvalue weighted by molar-refractivity contribution is 6.31. The molecule has 0 aliphatic heterocycles. The van der Waals surface area contributed by atoms with E-state index in [1.165, 1.54) is 12.1 Å². The van der Waals surface area contributed by atoms with Crippen LogP contribution in [0.2, 0.25) is 5.02 Å². The first-order valence-corrected chi connectivity index (χ1v) is 6.08. The fourth-order valence-corrected chi connectivity index (χ4v) is 1.80. The molecule has 0 saturated carbocycles. The summed E-state index contributed by atoms with van der Waals surface area (Å²) in [6, 6.07) is 4.54. The maximum Gasteiger partial charge on any atom is 0.124 e. The molecule has 0 saturated heterocycles. The molecule has 1 atom stereocenters. The van der Waals surface area contributed by atoms with E-state index in [0.29, 0.717) is 24.0 Å². The highest BCUT2D eigenvalue weighted by Gasteiger charge is 2.22. The Bertz CT molecular complexity index is 380. The van der Waals surface area contributed by atoms with Crippen LogP contribution in [0.3, 0.4) is 0 Å². The number of hydrogen-bond donors (Lipinski definition) is 2. The Kier molecular flexibility index (Phi) is 4.92. The largest absolute Gasteiger partial charge is 0.389 e. The summed E-state index contributed by atoms with van der Waals surface area (Å²) < 4.78 is 12.9. The van der Waals surface area contributed by atoms with Crippen LogP contribution in [0.4, 0.5) is 4.39 Å². The van der Waals surface area contributed by atoms with Crippen molar-refractivity contribution in [3.63, 3.8) is 0 Å². The van der Waals surface area contributed by atoms with Crippen LogP contribution in [0, 0.1) is 5.82 Å². The van der Waals surface area contributed by atoms with E-state index in [9.17, 15) is 9.50 Å². The van der Waals surface area contributed by atoms with Crippen molar-refractivity contribution in [2.75, 3.05) is 6.54 Å². The van der Waals surface area contributed by atoms with Crippen molar-refractivity contribution in [2.24, 2.45) is 0 Å². The van der Waals surface area contributed by atoms with Gasteiger partial charge in [0, 0.05) is 24.0 Å². The number of hydrogen-bond acceptors (Lipinski definition) is 2. The molecule has 1 unspecified atom stereocenters. The van der Waals surface area contributed by atoms with Crippen molar-refractivity contribution in [3.05, 3.63) is 34.6 Å². The van der Waals surface area contributed by atoms with Crippen molar-refractivity contribution in [1.82, 2.24) is 5.32 Å². The Labute approximate surface area is 107 Å². The Morgan fingerprint density at radius 3 is 2.65 bits per heavy atom. The molecular formula is C13H19ClFNO. The molecule has 0 aliphatic rings. The number of halogens is 2. The third-order valence-electron chi connectivity index (χ3n) is 2.48. The summed E-state index contributed by atoms with van der Waals surface area (Å²) in [5, 5.41) is 13.7. The standard InChI is InChI=1S/C13H19ClFNO/c1-9(2)16-8-13(3,17)7-10-4-5-11(15)6-12(10)14/h4-6,9,16-17H,7-8H2,1-3H3. The van der Waals surface area contributed by atoms with Crippen molar-refractivity contribution in [3.8, 4) is 0 Å². The average molecular weight is 260 g/mol. The molecule has 0 fully saturated rings. The molecule has 0 radical (unpaired) electrons. The second kappa shape index (κ2) is 5.80. The highest BCUT2D eigenvalue weighted by atomic mass is 35.5. The lowest BCUT2D eigenvalue weighted by Crippen LogP contribution is -2.42. The van der Waals surface area contributed by atoms with Gasteiger partial charge in [-0.2, -0.15) is 0 Å². The van der Waals surface area contributed by atoms with Crippen LogP contribution in [0.15, 0.2) is 18.2 Å². The smallest absolute Gasteiger partial charge is 0.124 e. The summed E-state index contributed by atoms with van der Waals surface area (Å²) in [5.41, 5.74) is -0.144. The normalized spacial score (nSPS) is 15.0. The van der Waals surface area contributed by atoms with E-state index >= 15 is 0 Å². The zero-order chi connectivity index (χ0) is 13.1. The number of benzene rings is 1. The first-order valence-electron chi connectivity index (χ1n) is 5.70. The average Bonchev–Trinajstić information content (AvgIpc) is 2.20. The molecule has 17 heavy (non-hydrogen) atoms. The van der Waals surface area contributed by atoms with E-state index in [1.54, 1.807) is 13.0 Å². The molecule has 0 aliphatic carbocycles. The molecule has 2 N–H and O–H groups in total. The Morgan fingerprint density at radius 1 is 1.47 bits per heavy atom. The minimum absolute atomic E-state index is 0.310. The second-order valence-electron chi connectivity index (χ2n) is 4.95. The summed E-state index contributed by atoms with van der Waals surface area (Å²) in [5.74, 6) is -0.362. The molecule has 0 spiro atoms. The van der Waals surface area contributed by atoms with Gasteiger partial charge in [-0.15, -0.1) is 0 Å². The van der Waals surface area contributed by atoms with E-state index in [1.807, 2.05) is 13.8 Å². The van der Waals surface area contributed by atoms with Crippen LogP contribution in [0.1, 0.15) is 26.3 Å². The minimum atomic E-state index is -0.897. The van der Waals surface area contributed by atoms with Crippen molar-refractivity contribution < 1.29 is 9.50 Å². The van der Waals surface area contributed by atoms with Gasteiger partial charge in [0.05, 0.1) is 5.60 Å². The van der Waals surface area contributed by atoms with Crippen LogP contribution in [0.5, 0.6) is 0 Å². The van der Waals surface area contributed by atoms with Gasteiger partial charge in [0.1, 0.15) is 5.82 Å². The van der Waals surface area contributed by atoms with Gasteiger partial charge in [-0.25, -0.2) is 4.39 Å². The predicted octanol–water partition coefficient (Wildman–Crippen LogP) is 2.77. The number of nitrogens with one attached hydrogen (secondary N) is 1. The lowest BCUT2D eigenvalue weighted by molar-refractivity contribution is 0.0581. The summed E-state index contributed by atoms with van der Waals surface area (Å²) in [6.07, 6.45) is 0.395. The van der Waals surface area contributed by atoms with Crippen LogP contribution >= 0.6 is 11.6 Å². The van der Waals surface area contributed by atoms with E-state index < -0.39 is 5.60 Å². The Hall–Kier alpha value is -0.640. The van der Waals surface area contributed by atoms with Crippen molar-refractivity contribution in [1.29, 1.82) is 0 Å². The summed E-state index contributed by atoms with van der Waals surface area (Å²) in [6.45, 7) is 6.24. The molecule has 0 bridgehead atoms. The third kappa shape index (κ3) is 5.02. The molecule has 1 aromatic rings. The molecule has 0 amide bonds. The van der Waals surface area contributed by atoms with Gasteiger partial charge < -0.3 is 10.4 Å². The molecule has 0 heterocycles. The molecule has 1 rings (SSSR count). The monoisotopic (exact) mass is 259 g/mol. The molecule has 96 valence electrons. The first kappa shape index (κ1) is 14.4. The van der Waals surface area contributed by atoms with E-state index in [2.05, 4.69) is 5.32 Å². The molecule has 2 nitrogen and oxygen atoms in total. The topological polar surface area (TPSA) is 32.3 Å². The van der Waals surface area contributed by atoms with Crippen LogP contribution < -0.4 is 5.32 Å². The Balaban J connectivity index is 2.68. The van der Waals surface area contributed by atoms with Gasteiger partial charge >= 0.3 is 0 Å². The van der Waals surface area contributed by atoms with Gasteiger partial charge in [0.25, 0.3) is 0 Å². The van der Waals surface area contributed by atoms with E-state index in [-0.39, 0.29) is 5.82 Å². The number of rotatable bonds is 5. The van der Waals surface area contributed by atoms with Crippen LogP contribution in [0.25, 0.3) is 0 Å². The highest BCUT2D eigenvalue weighted by Crippen LogP contribution is 2.22. The van der Waals surface area contributed by atoms with Gasteiger partial charge in [-0.1, -0.05) is 31.5 Å². The maximum atomic E-state index is 12.9. The van der Waals surface area contributed by atoms with Gasteiger partial charge in [-0.3, -0.25) is 0 Å². The van der Waals surface area contributed by atoms with Crippen molar-refractivity contribution >= 4 is 11.6 Å². The zero-order valence-corrected chi connectivity index (χ0v) is 11.2. The Morgan fingerprint density at radius 2 is 2.12 bits per heavy atom. The molecule has 1 aromatic carbocycles. The predicted molar refractivity (Wildman–Crippen MR) is 68.9 cm³/mol. The first-order chi connectivity index (χ1) is 7.80. The summed E-state index contributed by atoms with van der Waals surface area (Å²) >= 11 is 5.93. The summed E-state index contributed by atoms with van der Waals surface area (Å²) in [4.78, 5) is 0. The fraction of sp³-hybridized carbons (Fsp3) is 0.538. The zero-order valence-electron chi connectivity index (χ0n) is 10.4. The lowest BCUT2D eigenvalue weighted by Gasteiger charge is -2.25. The van der Waals surface area contributed by atoms with Crippen LogP contribution in [-0.2, 0) is 6.42 Å². The van der Waals surface area contributed by atoms with Gasteiger partial charge in [0.2, 0.25) is 0 Å². The molecule has 0 aromatic heterocycles.